The van der Waals surface area contributed by atoms with E-state index >= 15 is 0 Å². The van der Waals surface area contributed by atoms with Gasteiger partial charge in [-0.1, -0.05) is 12.1 Å². The van der Waals surface area contributed by atoms with Gasteiger partial charge >= 0.3 is 0 Å². The molecule has 1 aromatic heterocycles. The standard InChI is InChI=1S/C19H21N5O4/c25-18(15-6-1-2-7-17(15)24(27)28)21-9-11-22(12-10-21)19(26)16-13-14-5-3-4-8-23(14)20-16/h1-2,6-7,13H,3-5,8-12H2. The van der Waals surface area contributed by atoms with Gasteiger partial charge in [0.15, 0.2) is 5.69 Å². The topological polar surface area (TPSA) is 102 Å². The Morgan fingerprint density at radius 1 is 0.964 bits per heavy atom. The summed E-state index contributed by atoms with van der Waals surface area (Å²) < 4.78 is 1.91. The molecule has 4 rings (SSSR count). The molecule has 0 unspecified atom stereocenters. The number of fused-ring (bicyclic) bond motifs is 1. The van der Waals surface area contributed by atoms with E-state index in [1.54, 1.807) is 15.9 Å². The first-order valence-electron chi connectivity index (χ1n) is 9.43. The highest BCUT2D eigenvalue weighted by atomic mass is 16.6. The maximum absolute atomic E-state index is 12.8. The zero-order chi connectivity index (χ0) is 19.7. The highest BCUT2D eigenvalue weighted by molar-refractivity contribution is 5.98. The van der Waals surface area contributed by atoms with Crippen LogP contribution >= 0.6 is 0 Å². The fraction of sp³-hybridized carbons (Fsp3) is 0.421. The second kappa shape index (κ2) is 7.41. The van der Waals surface area contributed by atoms with E-state index in [2.05, 4.69) is 5.10 Å². The first-order chi connectivity index (χ1) is 13.5. The van der Waals surface area contributed by atoms with Gasteiger partial charge in [0, 0.05) is 44.5 Å². The Balaban J connectivity index is 1.42. The van der Waals surface area contributed by atoms with Crippen LogP contribution in [0.2, 0.25) is 0 Å². The summed E-state index contributed by atoms with van der Waals surface area (Å²) >= 11 is 0. The van der Waals surface area contributed by atoms with Gasteiger partial charge < -0.3 is 9.80 Å². The summed E-state index contributed by atoms with van der Waals surface area (Å²) in [5, 5.41) is 15.6. The Bertz CT molecular complexity index is 907. The van der Waals surface area contributed by atoms with Gasteiger partial charge in [-0.15, -0.1) is 0 Å². The van der Waals surface area contributed by atoms with Crippen LogP contribution in [0.3, 0.4) is 0 Å². The first kappa shape index (κ1) is 18.1. The quantitative estimate of drug-likeness (QED) is 0.593. The number of aromatic nitrogens is 2. The zero-order valence-electron chi connectivity index (χ0n) is 15.4. The molecule has 146 valence electrons. The fourth-order valence-electron chi connectivity index (χ4n) is 3.78. The summed E-state index contributed by atoms with van der Waals surface area (Å²) in [6.07, 6.45) is 3.14. The molecule has 0 radical (unpaired) electrons. The van der Waals surface area contributed by atoms with Crippen molar-refractivity contribution < 1.29 is 14.5 Å². The summed E-state index contributed by atoms with van der Waals surface area (Å²) in [5.41, 5.74) is 1.43. The van der Waals surface area contributed by atoms with Crippen molar-refractivity contribution in [3.05, 3.63) is 57.4 Å². The van der Waals surface area contributed by atoms with Crippen molar-refractivity contribution in [2.24, 2.45) is 0 Å². The Labute approximate surface area is 161 Å². The van der Waals surface area contributed by atoms with E-state index in [4.69, 9.17) is 0 Å². The highest BCUT2D eigenvalue weighted by Crippen LogP contribution is 2.21. The number of hydrogen-bond donors (Lipinski definition) is 0. The second-order valence-electron chi connectivity index (χ2n) is 7.06. The van der Waals surface area contributed by atoms with Gasteiger partial charge in [0.05, 0.1) is 4.92 Å². The van der Waals surface area contributed by atoms with Gasteiger partial charge in [-0.25, -0.2) is 0 Å². The van der Waals surface area contributed by atoms with Gasteiger partial charge in [-0.3, -0.25) is 24.4 Å². The number of nitro benzene ring substituents is 1. The van der Waals surface area contributed by atoms with Crippen molar-refractivity contribution in [3.63, 3.8) is 0 Å². The number of rotatable bonds is 3. The van der Waals surface area contributed by atoms with E-state index in [0.29, 0.717) is 31.9 Å². The van der Waals surface area contributed by atoms with E-state index < -0.39 is 4.92 Å². The Kier molecular flexibility index (Phi) is 4.81. The largest absolute Gasteiger partial charge is 0.335 e. The fourth-order valence-corrected chi connectivity index (χ4v) is 3.78. The minimum Gasteiger partial charge on any atom is -0.335 e. The number of nitrogens with zero attached hydrogens (tertiary/aromatic N) is 5. The minimum atomic E-state index is -0.548. The molecule has 9 nitrogen and oxygen atoms in total. The van der Waals surface area contributed by atoms with Gasteiger partial charge in [-0.05, 0) is 31.4 Å². The van der Waals surface area contributed by atoms with Crippen LogP contribution in [0.5, 0.6) is 0 Å². The molecular weight excluding hydrogens is 362 g/mol. The normalized spacial score (nSPS) is 16.6. The number of hydrogen-bond acceptors (Lipinski definition) is 5. The number of amides is 2. The summed E-state index contributed by atoms with van der Waals surface area (Å²) in [4.78, 5) is 39.3. The minimum absolute atomic E-state index is 0.0778. The summed E-state index contributed by atoms with van der Waals surface area (Å²) in [6.45, 7) is 2.29. The van der Waals surface area contributed by atoms with Gasteiger partial charge in [-0.2, -0.15) is 5.10 Å². The molecule has 28 heavy (non-hydrogen) atoms. The molecule has 1 aromatic carbocycles. The smallest absolute Gasteiger partial charge is 0.282 e. The molecule has 1 fully saturated rings. The van der Waals surface area contributed by atoms with Crippen molar-refractivity contribution in [2.75, 3.05) is 26.2 Å². The molecular formula is C19H21N5O4. The molecule has 9 heteroatoms. The van der Waals surface area contributed by atoms with Crippen molar-refractivity contribution in [1.82, 2.24) is 19.6 Å². The maximum Gasteiger partial charge on any atom is 0.282 e. The highest BCUT2D eigenvalue weighted by Gasteiger charge is 2.30. The number of carbonyl (C=O) groups is 2. The monoisotopic (exact) mass is 383 g/mol. The van der Waals surface area contributed by atoms with E-state index in [1.807, 2.05) is 10.7 Å². The van der Waals surface area contributed by atoms with E-state index in [0.717, 1.165) is 31.5 Å². The molecule has 0 saturated carbocycles. The number of aryl methyl sites for hydroxylation is 2. The van der Waals surface area contributed by atoms with E-state index in [-0.39, 0.29) is 23.1 Å². The van der Waals surface area contributed by atoms with Crippen LogP contribution < -0.4 is 0 Å². The number of piperazine rings is 1. The van der Waals surface area contributed by atoms with Gasteiger partial charge in [0.25, 0.3) is 17.5 Å². The molecule has 2 amide bonds. The number of nitro groups is 1. The Morgan fingerprint density at radius 2 is 1.64 bits per heavy atom. The molecule has 0 N–H and O–H groups in total. The number of para-hydroxylation sites is 1. The van der Waals surface area contributed by atoms with Crippen LogP contribution in [0.15, 0.2) is 30.3 Å². The lowest BCUT2D eigenvalue weighted by Gasteiger charge is -2.34. The van der Waals surface area contributed by atoms with Crippen molar-refractivity contribution in [2.45, 2.75) is 25.8 Å². The van der Waals surface area contributed by atoms with Crippen LogP contribution in [0, 0.1) is 10.1 Å². The average molecular weight is 383 g/mol. The molecule has 3 heterocycles. The molecule has 2 aliphatic heterocycles. The summed E-state index contributed by atoms with van der Waals surface area (Å²) in [5.74, 6) is -0.503. The third kappa shape index (κ3) is 3.35. The van der Waals surface area contributed by atoms with Gasteiger partial charge in [0.1, 0.15) is 5.56 Å². The van der Waals surface area contributed by atoms with Crippen molar-refractivity contribution in [3.8, 4) is 0 Å². The van der Waals surface area contributed by atoms with Crippen LogP contribution in [0.1, 0.15) is 39.4 Å². The second-order valence-corrected chi connectivity index (χ2v) is 7.06. The molecule has 0 aliphatic carbocycles. The average Bonchev–Trinajstić information content (AvgIpc) is 3.17. The van der Waals surface area contributed by atoms with Crippen LogP contribution in [-0.2, 0) is 13.0 Å². The third-order valence-electron chi connectivity index (χ3n) is 5.32. The van der Waals surface area contributed by atoms with Crippen LogP contribution in [0.4, 0.5) is 5.69 Å². The zero-order valence-corrected chi connectivity index (χ0v) is 15.4. The first-order valence-corrected chi connectivity index (χ1v) is 9.43. The maximum atomic E-state index is 12.8. The van der Waals surface area contributed by atoms with E-state index in [9.17, 15) is 19.7 Å². The van der Waals surface area contributed by atoms with Crippen LogP contribution in [-0.4, -0.2) is 62.5 Å². The Morgan fingerprint density at radius 3 is 2.32 bits per heavy atom. The van der Waals surface area contributed by atoms with Crippen molar-refractivity contribution >= 4 is 17.5 Å². The molecule has 0 bridgehead atoms. The number of carbonyl (C=O) groups excluding carboxylic acids is 2. The molecule has 2 aromatic rings. The molecule has 1 saturated heterocycles. The van der Waals surface area contributed by atoms with Crippen molar-refractivity contribution in [1.29, 1.82) is 0 Å². The lowest BCUT2D eigenvalue weighted by molar-refractivity contribution is -0.385. The lowest BCUT2D eigenvalue weighted by atomic mass is 10.1. The summed E-state index contributed by atoms with van der Waals surface area (Å²) in [7, 11) is 0. The third-order valence-corrected chi connectivity index (χ3v) is 5.32. The van der Waals surface area contributed by atoms with Crippen LogP contribution in [0.25, 0.3) is 0 Å². The SMILES string of the molecule is O=C(c1cc2n(n1)CCCC2)N1CCN(C(=O)c2ccccc2[N+](=O)[O-])CC1. The predicted octanol–water partition coefficient (Wildman–Crippen LogP) is 1.73. The molecule has 0 spiro atoms. The molecule has 2 aliphatic rings. The molecule has 0 atom stereocenters. The van der Waals surface area contributed by atoms with Gasteiger partial charge in [0.2, 0.25) is 0 Å². The number of benzene rings is 1. The van der Waals surface area contributed by atoms with E-state index in [1.165, 1.54) is 18.2 Å². The Hall–Kier alpha value is -3.23. The predicted molar refractivity (Wildman–Crippen MR) is 100 cm³/mol. The lowest BCUT2D eigenvalue weighted by Crippen LogP contribution is -2.50. The summed E-state index contributed by atoms with van der Waals surface area (Å²) in [6, 6.07) is 7.81.